The zero-order valence-corrected chi connectivity index (χ0v) is 18.4. The average Bonchev–Trinajstić information content (AvgIpc) is 2.77. The highest BCUT2D eigenvalue weighted by atomic mass is 15.3. The Morgan fingerprint density at radius 2 is 1.83 bits per heavy atom. The van der Waals surface area contributed by atoms with E-state index in [0.717, 1.165) is 43.3 Å². The highest BCUT2D eigenvalue weighted by Gasteiger charge is 2.46. The molecule has 0 aromatic rings. The molecule has 5 heteroatoms. The summed E-state index contributed by atoms with van der Waals surface area (Å²) in [7, 11) is 0. The first kappa shape index (κ1) is 19.6. The van der Waals surface area contributed by atoms with Crippen LogP contribution < -0.4 is 10.6 Å². The minimum atomic E-state index is 0.578. The molecule has 1 aliphatic carbocycles. The van der Waals surface area contributed by atoms with Crippen molar-refractivity contribution in [1.29, 1.82) is 0 Å². The van der Waals surface area contributed by atoms with Crippen molar-refractivity contribution >= 4 is 5.84 Å². The molecule has 4 aliphatic heterocycles. The van der Waals surface area contributed by atoms with Gasteiger partial charge in [0, 0.05) is 30.9 Å². The maximum atomic E-state index is 4.85. The van der Waals surface area contributed by atoms with E-state index in [2.05, 4.69) is 46.4 Å². The Bertz CT molecular complexity index is 692. The molecule has 0 bridgehead atoms. The lowest BCUT2D eigenvalue weighted by Crippen LogP contribution is -2.57. The van der Waals surface area contributed by atoms with Crippen molar-refractivity contribution in [3.8, 4) is 0 Å². The summed E-state index contributed by atoms with van der Waals surface area (Å²) in [6.45, 7) is 11.3. The summed E-state index contributed by atoms with van der Waals surface area (Å²) < 4.78 is 0. The van der Waals surface area contributed by atoms with Gasteiger partial charge in [-0.1, -0.05) is 12.2 Å². The number of hydrogen-bond donors (Lipinski definition) is 2. The minimum absolute atomic E-state index is 0.578. The third-order valence-corrected chi connectivity index (χ3v) is 8.65. The van der Waals surface area contributed by atoms with Crippen molar-refractivity contribution < 1.29 is 0 Å². The number of hydrogen-bond acceptors (Lipinski definition) is 5. The fourth-order valence-electron chi connectivity index (χ4n) is 6.61. The van der Waals surface area contributed by atoms with Gasteiger partial charge in [0.1, 0.15) is 5.84 Å². The molecule has 0 amide bonds. The Hall–Kier alpha value is -1.33. The molecule has 4 heterocycles. The smallest absolute Gasteiger partial charge is 0.124 e. The normalized spacial score (nSPS) is 33.4. The molecule has 29 heavy (non-hydrogen) atoms. The lowest BCUT2D eigenvalue weighted by atomic mass is 9.60. The van der Waals surface area contributed by atoms with Gasteiger partial charge in [0.2, 0.25) is 0 Å². The molecule has 0 saturated carbocycles. The molecule has 0 radical (unpaired) electrons. The van der Waals surface area contributed by atoms with E-state index < -0.39 is 0 Å². The fourth-order valence-corrected chi connectivity index (χ4v) is 6.61. The molecule has 1 spiro atoms. The molecule has 2 unspecified atom stereocenters. The lowest BCUT2D eigenvalue weighted by molar-refractivity contribution is -0.00470. The van der Waals surface area contributed by atoms with Crippen LogP contribution in [0.3, 0.4) is 0 Å². The van der Waals surface area contributed by atoms with E-state index in [4.69, 9.17) is 4.99 Å². The number of fused-ring (bicyclic) bond motifs is 2. The average molecular weight is 398 g/mol. The van der Waals surface area contributed by atoms with Crippen LogP contribution in [-0.2, 0) is 0 Å². The number of rotatable bonds is 1. The van der Waals surface area contributed by atoms with Crippen LogP contribution in [-0.4, -0.2) is 67.0 Å². The molecule has 0 aromatic carbocycles. The first-order valence-electron chi connectivity index (χ1n) is 12.0. The van der Waals surface area contributed by atoms with E-state index >= 15 is 0 Å². The summed E-state index contributed by atoms with van der Waals surface area (Å²) in [5.41, 5.74) is 2.94. The quantitative estimate of drug-likeness (QED) is 0.667. The first-order chi connectivity index (χ1) is 14.1. The predicted octanol–water partition coefficient (Wildman–Crippen LogP) is 3.11. The molecule has 3 saturated heterocycles. The van der Waals surface area contributed by atoms with Gasteiger partial charge in [-0.3, -0.25) is 0 Å². The molecule has 5 nitrogen and oxygen atoms in total. The van der Waals surface area contributed by atoms with E-state index in [1.54, 1.807) is 0 Å². The van der Waals surface area contributed by atoms with E-state index in [0.29, 0.717) is 5.41 Å². The highest BCUT2D eigenvalue weighted by Crippen LogP contribution is 2.48. The van der Waals surface area contributed by atoms with E-state index in [9.17, 15) is 0 Å². The zero-order valence-electron chi connectivity index (χ0n) is 18.4. The lowest BCUT2D eigenvalue weighted by Gasteiger charge is -2.54. The first-order valence-corrected chi connectivity index (χ1v) is 12.0. The van der Waals surface area contributed by atoms with Gasteiger partial charge < -0.3 is 20.4 Å². The molecule has 3 fully saturated rings. The van der Waals surface area contributed by atoms with Crippen molar-refractivity contribution in [2.24, 2.45) is 16.3 Å². The molecule has 5 rings (SSSR count). The van der Waals surface area contributed by atoms with Gasteiger partial charge in [-0.05, 0) is 89.8 Å². The van der Waals surface area contributed by atoms with Crippen LogP contribution in [0.25, 0.3) is 0 Å². The number of nitrogens with one attached hydrogen (secondary N) is 2. The number of piperidine rings is 3. The van der Waals surface area contributed by atoms with Crippen LogP contribution in [0.5, 0.6) is 0 Å². The van der Waals surface area contributed by atoms with Crippen LogP contribution in [0.4, 0.5) is 0 Å². The van der Waals surface area contributed by atoms with Crippen LogP contribution in [0.15, 0.2) is 28.5 Å². The SMILES string of the molecule is CC1=C(C)NCC(N2CCC(N3CCC4(CCNC5CCC=CC54)CC3)CC2)=N1. The van der Waals surface area contributed by atoms with E-state index in [1.807, 2.05) is 0 Å². The topological polar surface area (TPSA) is 42.9 Å². The molecular weight excluding hydrogens is 358 g/mol. The van der Waals surface area contributed by atoms with Crippen LogP contribution >= 0.6 is 0 Å². The second-order valence-electron chi connectivity index (χ2n) is 10.1. The van der Waals surface area contributed by atoms with Crippen molar-refractivity contribution in [3.05, 3.63) is 23.5 Å². The number of allylic oxidation sites excluding steroid dienone is 3. The van der Waals surface area contributed by atoms with Gasteiger partial charge in [0.15, 0.2) is 0 Å². The number of aliphatic imine (C=N–C) groups is 1. The Kier molecular flexibility index (Phi) is 5.46. The molecule has 2 atom stereocenters. The second kappa shape index (κ2) is 8.07. The van der Waals surface area contributed by atoms with Gasteiger partial charge in [-0.15, -0.1) is 0 Å². The summed E-state index contributed by atoms with van der Waals surface area (Å²) in [6, 6.07) is 1.52. The zero-order chi connectivity index (χ0) is 19.8. The van der Waals surface area contributed by atoms with Crippen LogP contribution in [0.1, 0.15) is 58.8 Å². The second-order valence-corrected chi connectivity index (χ2v) is 10.1. The molecule has 160 valence electrons. The summed E-state index contributed by atoms with van der Waals surface area (Å²) in [4.78, 5) is 10.2. The van der Waals surface area contributed by atoms with Gasteiger partial charge in [-0.25, -0.2) is 4.99 Å². The standard InChI is InChI=1S/C24H39N5/c1-18-19(2)27-23(17-26-18)29-13-7-20(8-14-29)28-15-10-24(11-16-28)9-12-25-22-6-4-3-5-21(22)24/h3,5,20-22,25-26H,4,6-17H2,1-2H3. The van der Waals surface area contributed by atoms with Gasteiger partial charge in [0.25, 0.3) is 0 Å². The maximum absolute atomic E-state index is 4.85. The molecule has 2 N–H and O–H groups in total. The molecule has 5 aliphatic rings. The monoisotopic (exact) mass is 397 g/mol. The van der Waals surface area contributed by atoms with Crippen LogP contribution in [0, 0.1) is 11.3 Å². The van der Waals surface area contributed by atoms with Gasteiger partial charge in [0.05, 0.1) is 12.2 Å². The summed E-state index contributed by atoms with van der Waals surface area (Å²) >= 11 is 0. The van der Waals surface area contributed by atoms with Crippen molar-refractivity contribution in [3.63, 3.8) is 0 Å². The van der Waals surface area contributed by atoms with Crippen molar-refractivity contribution in [1.82, 2.24) is 20.4 Å². The molecular formula is C24H39N5. The van der Waals surface area contributed by atoms with Gasteiger partial charge in [-0.2, -0.15) is 0 Å². The summed E-state index contributed by atoms with van der Waals surface area (Å²) in [5.74, 6) is 2.03. The van der Waals surface area contributed by atoms with Crippen molar-refractivity contribution in [2.45, 2.75) is 70.9 Å². The third-order valence-electron chi connectivity index (χ3n) is 8.65. The third kappa shape index (κ3) is 3.76. The Morgan fingerprint density at radius 3 is 2.59 bits per heavy atom. The Labute approximate surface area is 176 Å². The summed E-state index contributed by atoms with van der Waals surface area (Å²) in [5, 5.41) is 7.31. The molecule has 0 aromatic heterocycles. The fraction of sp³-hybridized carbons (Fsp3) is 0.792. The predicted molar refractivity (Wildman–Crippen MR) is 120 cm³/mol. The van der Waals surface area contributed by atoms with Crippen LogP contribution in [0.2, 0.25) is 0 Å². The largest absolute Gasteiger partial charge is 0.380 e. The minimum Gasteiger partial charge on any atom is -0.380 e. The van der Waals surface area contributed by atoms with E-state index in [1.165, 1.54) is 76.1 Å². The Balaban J connectivity index is 1.16. The number of nitrogens with zero attached hydrogens (tertiary/aromatic N) is 3. The summed E-state index contributed by atoms with van der Waals surface area (Å²) in [6.07, 6.45) is 14.4. The highest BCUT2D eigenvalue weighted by molar-refractivity contribution is 5.86. The Morgan fingerprint density at radius 1 is 1.03 bits per heavy atom. The van der Waals surface area contributed by atoms with E-state index in [-0.39, 0.29) is 0 Å². The van der Waals surface area contributed by atoms with Crippen molar-refractivity contribution in [2.75, 3.05) is 39.3 Å². The number of amidine groups is 1. The maximum Gasteiger partial charge on any atom is 0.124 e. The van der Waals surface area contributed by atoms with Gasteiger partial charge >= 0.3 is 0 Å². The number of likely N-dealkylation sites (tertiary alicyclic amines) is 2.